The molecule has 0 aliphatic carbocycles. The smallest absolute Gasteiger partial charge is 0.211 e. The molecule has 1 aliphatic heterocycles. The lowest BCUT2D eigenvalue weighted by Crippen LogP contribution is -2.47. The molecular formula is C20H22ClN5O4S3. The SMILES string of the molecule is CS(=O)(=O)N1CCN(Cc2nnc(Nc3ccc(S(=O)(=O)c4ccc(Cl)cc4)cc3)s2)CC1. The van der Waals surface area contributed by atoms with Crippen molar-refractivity contribution in [3.63, 3.8) is 0 Å². The van der Waals surface area contributed by atoms with Crippen molar-refractivity contribution < 1.29 is 16.8 Å². The van der Waals surface area contributed by atoms with Gasteiger partial charge in [0.25, 0.3) is 0 Å². The number of sulfone groups is 1. The van der Waals surface area contributed by atoms with E-state index < -0.39 is 19.9 Å². The predicted octanol–water partition coefficient (Wildman–Crippen LogP) is 2.85. The van der Waals surface area contributed by atoms with E-state index in [4.69, 9.17) is 11.6 Å². The summed E-state index contributed by atoms with van der Waals surface area (Å²) in [6.07, 6.45) is 1.23. The van der Waals surface area contributed by atoms with Crippen LogP contribution in [0.25, 0.3) is 0 Å². The fraction of sp³-hybridized carbons (Fsp3) is 0.300. The van der Waals surface area contributed by atoms with Gasteiger partial charge in [0, 0.05) is 36.9 Å². The summed E-state index contributed by atoms with van der Waals surface area (Å²) in [6.45, 7) is 2.80. The third kappa shape index (κ3) is 5.89. The Morgan fingerprint density at radius 2 is 1.48 bits per heavy atom. The van der Waals surface area contributed by atoms with E-state index in [1.54, 1.807) is 24.3 Å². The maximum absolute atomic E-state index is 12.8. The van der Waals surface area contributed by atoms with Crippen LogP contribution in [0.15, 0.2) is 58.3 Å². The van der Waals surface area contributed by atoms with Gasteiger partial charge in [-0.2, -0.15) is 4.31 Å². The van der Waals surface area contributed by atoms with E-state index in [-0.39, 0.29) is 9.79 Å². The van der Waals surface area contributed by atoms with Gasteiger partial charge >= 0.3 is 0 Å². The lowest BCUT2D eigenvalue weighted by atomic mass is 10.3. The lowest BCUT2D eigenvalue weighted by molar-refractivity contribution is 0.181. The van der Waals surface area contributed by atoms with Gasteiger partial charge in [-0.05, 0) is 48.5 Å². The van der Waals surface area contributed by atoms with Gasteiger partial charge in [0.2, 0.25) is 25.0 Å². The Morgan fingerprint density at radius 1 is 0.909 bits per heavy atom. The van der Waals surface area contributed by atoms with E-state index in [2.05, 4.69) is 20.4 Å². The summed E-state index contributed by atoms with van der Waals surface area (Å²) in [4.78, 5) is 2.50. The summed E-state index contributed by atoms with van der Waals surface area (Å²) in [6, 6.07) is 12.5. The van der Waals surface area contributed by atoms with Crippen LogP contribution < -0.4 is 5.32 Å². The summed E-state index contributed by atoms with van der Waals surface area (Å²) in [7, 11) is -6.78. The Kier molecular flexibility index (Phi) is 7.03. The first-order valence-electron chi connectivity index (χ1n) is 9.99. The molecule has 3 aromatic rings. The molecule has 1 aromatic heterocycles. The van der Waals surface area contributed by atoms with Crippen molar-refractivity contribution in [1.29, 1.82) is 0 Å². The molecule has 2 heterocycles. The van der Waals surface area contributed by atoms with Crippen LogP contribution in [0.1, 0.15) is 5.01 Å². The molecule has 0 saturated carbocycles. The molecule has 0 atom stereocenters. The van der Waals surface area contributed by atoms with Crippen LogP contribution in [0.5, 0.6) is 0 Å². The largest absolute Gasteiger partial charge is 0.330 e. The quantitative estimate of drug-likeness (QED) is 0.499. The zero-order valence-electron chi connectivity index (χ0n) is 17.7. The van der Waals surface area contributed by atoms with Gasteiger partial charge in [0.1, 0.15) is 5.01 Å². The Morgan fingerprint density at radius 3 is 2.06 bits per heavy atom. The van der Waals surface area contributed by atoms with E-state index >= 15 is 0 Å². The van der Waals surface area contributed by atoms with Crippen molar-refractivity contribution in [3.8, 4) is 0 Å². The number of hydrogen-bond donors (Lipinski definition) is 1. The zero-order valence-corrected chi connectivity index (χ0v) is 20.9. The first-order chi connectivity index (χ1) is 15.6. The summed E-state index contributed by atoms with van der Waals surface area (Å²) >= 11 is 7.24. The Balaban J connectivity index is 1.36. The molecule has 0 bridgehead atoms. The van der Waals surface area contributed by atoms with Crippen molar-refractivity contribution in [2.24, 2.45) is 0 Å². The van der Waals surface area contributed by atoms with Crippen LogP contribution in [-0.4, -0.2) is 68.7 Å². The first kappa shape index (κ1) is 24.0. The van der Waals surface area contributed by atoms with E-state index in [0.29, 0.717) is 48.6 Å². The van der Waals surface area contributed by atoms with Gasteiger partial charge in [-0.3, -0.25) is 4.90 Å². The highest BCUT2D eigenvalue weighted by atomic mass is 35.5. The molecule has 1 N–H and O–H groups in total. The highest BCUT2D eigenvalue weighted by Crippen LogP contribution is 2.26. The highest BCUT2D eigenvalue weighted by molar-refractivity contribution is 7.91. The summed E-state index contributed by atoms with van der Waals surface area (Å²) in [5.41, 5.74) is 0.689. The van der Waals surface area contributed by atoms with E-state index in [0.717, 1.165) is 5.01 Å². The molecule has 0 unspecified atom stereocenters. The van der Waals surface area contributed by atoms with Crippen LogP contribution in [-0.2, 0) is 26.4 Å². The minimum Gasteiger partial charge on any atom is -0.330 e. The highest BCUT2D eigenvalue weighted by Gasteiger charge is 2.24. The summed E-state index contributed by atoms with van der Waals surface area (Å²) in [5, 5.41) is 13.4. The van der Waals surface area contributed by atoms with Gasteiger partial charge in [0.05, 0.1) is 22.6 Å². The van der Waals surface area contributed by atoms with Crippen molar-refractivity contribution in [2.45, 2.75) is 16.3 Å². The number of sulfonamides is 1. The van der Waals surface area contributed by atoms with Gasteiger partial charge in [-0.25, -0.2) is 16.8 Å². The van der Waals surface area contributed by atoms with Crippen molar-refractivity contribution in [3.05, 3.63) is 58.6 Å². The molecule has 4 rings (SSSR count). The third-order valence-corrected chi connectivity index (χ3v) is 9.33. The number of hydrogen-bond acceptors (Lipinski definition) is 9. The van der Waals surface area contributed by atoms with Gasteiger partial charge in [-0.15, -0.1) is 10.2 Å². The van der Waals surface area contributed by atoms with Crippen LogP contribution in [0, 0.1) is 0 Å². The molecule has 0 spiro atoms. The van der Waals surface area contributed by atoms with Crippen LogP contribution in [0.3, 0.4) is 0 Å². The van der Waals surface area contributed by atoms with Gasteiger partial charge in [0.15, 0.2) is 0 Å². The molecule has 0 radical (unpaired) electrons. The number of nitrogens with one attached hydrogen (secondary N) is 1. The molecule has 176 valence electrons. The lowest BCUT2D eigenvalue weighted by Gasteiger charge is -2.32. The van der Waals surface area contributed by atoms with Crippen LogP contribution in [0.2, 0.25) is 5.02 Å². The Labute approximate surface area is 202 Å². The van der Waals surface area contributed by atoms with Crippen molar-refractivity contribution >= 4 is 53.6 Å². The van der Waals surface area contributed by atoms with Gasteiger partial charge in [-0.1, -0.05) is 22.9 Å². The number of benzene rings is 2. The van der Waals surface area contributed by atoms with Crippen LogP contribution >= 0.6 is 22.9 Å². The average molecular weight is 528 g/mol. The Bertz CT molecular complexity index is 1320. The second-order valence-electron chi connectivity index (χ2n) is 7.55. The van der Waals surface area contributed by atoms with Crippen molar-refractivity contribution in [2.75, 3.05) is 37.8 Å². The Hall–Kier alpha value is -2.09. The second kappa shape index (κ2) is 9.65. The number of rotatable bonds is 7. The number of nitrogens with zero attached hydrogens (tertiary/aromatic N) is 4. The van der Waals surface area contributed by atoms with E-state index in [1.807, 2.05) is 0 Å². The maximum atomic E-state index is 12.8. The molecule has 1 aliphatic rings. The molecule has 13 heteroatoms. The van der Waals surface area contributed by atoms with Gasteiger partial charge < -0.3 is 5.32 Å². The number of piperazine rings is 1. The average Bonchev–Trinajstić information content (AvgIpc) is 3.21. The van der Waals surface area contributed by atoms with E-state index in [1.165, 1.54) is 46.2 Å². The second-order valence-corrected chi connectivity index (χ2v) is 13.0. The summed E-state index contributed by atoms with van der Waals surface area (Å²) < 4.78 is 50.3. The minimum absolute atomic E-state index is 0.179. The fourth-order valence-electron chi connectivity index (χ4n) is 3.37. The summed E-state index contributed by atoms with van der Waals surface area (Å²) in [5.74, 6) is 0. The maximum Gasteiger partial charge on any atom is 0.211 e. The molecule has 1 saturated heterocycles. The first-order valence-corrected chi connectivity index (χ1v) is 14.5. The van der Waals surface area contributed by atoms with E-state index in [9.17, 15) is 16.8 Å². The fourth-order valence-corrected chi connectivity index (χ4v) is 6.39. The monoisotopic (exact) mass is 527 g/mol. The zero-order chi connectivity index (χ0) is 23.6. The normalized spacial score (nSPS) is 16.1. The molecule has 1 fully saturated rings. The minimum atomic E-state index is -3.63. The van der Waals surface area contributed by atoms with Crippen molar-refractivity contribution in [1.82, 2.24) is 19.4 Å². The van der Waals surface area contributed by atoms with Crippen LogP contribution in [0.4, 0.5) is 10.8 Å². The third-order valence-electron chi connectivity index (χ3n) is 5.17. The number of halogens is 1. The molecule has 0 amide bonds. The number of anilines is 2. The molecular weight excluding hydrogens is 506 g/mol. The molecule has 2 aromatic carbocycles. The topological polar surface area (TPSA) is 113 Å². The molecule has 33 heavy (non-hydrogen) atoms. The predicted molar refractivity (Wildman–Crippen MR) is 128 cm³/mol. The molecule has 9 nitrogen and oxygen atoms in total. The number of aromatic nitrogens is 2. The standard InChI is InChI=1S/C20H22ClN5O4S3/c1-32(27,28)26-12-10-25(11-13-26)14-19-23-24-20(31-19)22-16-4-8-18(9-5-16)33(29,30)17-6-2-15(21)3-7-17/h2-9H,10-14H2,1H3,(H,22,24).